The van der Waals surface area contributed by atoms with Crippen LogP contribution in [0.15, 0.2) is 24.3 Å². The molecule has 2 nitrogen and oxygen atoms in total. The third-order valence-electron chi connectivity index (χ3n) is 2.16. The first-order valence-corrected chi connectivity index (χ1v) is 4.67. The molecule has 0 aliphatic carbocycles. The lowest BCUT2D eigenvalue weighted by molar-refractivity contribution is -0.114. The van der Waals surface area contributed by atoms with Gasteiger partial charge in [0.15, 0.2) is 0 Å². The normalized spacial score (nSPS) is 11.1. The van der Waals surface area contributed by atoms with Crippen LogP contribution in [0.1, 0.15) is 19.4 Å². The molecule has 1 aromatic rings. The number of hydrogen-bond acceptors (Lipinski definition) is 2. The van der Waals surface area contributed by atoms with Gasteiger partial charge in [0.05, 0.1) is 7.11 Å². The molecule has 0 bridgehead atoms. The van der Waals surface area contributed by atoms with Crippen molar-refractivity contribution in [3.8, 4) is 5.75 Å². The monoisotopic (exact) mass is 192 g/mol. The van der Waals surface area contributed by atoms with E-state index in [-0.39, 0.29) is 5.41 Å². The summed E-state index contributed by atoms with van der Waals surface area (Å²) in [4.78, 5) is 10.8. The lowest BCUT2D eigenvalue weighted by atomic mass is 9.87. The van der Waals surface area contributed by atoms with E-state index in [1.165, 1.54) is 0 Å². The van der Waals surface area contributed by atoms with Gasteiger partial charge in [0.1, 0.15) is 12.0 Å². The van der Waals surface area contributed by atoms with Gasteiger partial charge in [0, 0.05) is 5.41 Å². The maximum atomic E-state index is 10.8. The first-order chi connectivity index (χ1) is 6.59. The third-order valence-corrected chi connectivity index (χ3v) is 2.16. The quantitative estimate of drug-likeness (QED) is 0.685. The molecule has 0 aromatic heterocycles. The predicted molar refractivity (Wildman–Crippen MR) is 56.5 cm³/mol. The van der Waals surface area contributed by atoms with Gasteiger partial charge in [-0.2, -0.15) is 0 Å². The van der Waals surface area contributed by atoms with E-state index < -0.39 is 0 Å². The van der Waals surface area contributed by atoms with E-state index in [1.807, 2.05) is 38.1 Å². The van der Waals surface area contributed by atoms with Crippen LogP contribution in [0, 0.1) is 5.41 Å². The predicted octanol–water partition coefficient (Wildman–Crippen LogP) is 2.46. The van der Waals surface area contributed by atoms with Crippen LogP contribution in [0.25, 0.3) is 0 Å². The van der Waals surface area contributed by atoms with Gasteiger partial charge in [-0.05, 0) is 18.1 Å². The topological polar surface area (TPSA) is 26.3 Å². The zero-order chi connectivity index (χ0) is 10.6. The summed E-state index contributed by atoms with van der Waals surface area (Å²) in [6.07, 6.45) is 1.69. The Labute approximate surface area is 84.9 Å². The number of hydrogen-bond donors (Lipinski definition) is 0. The van der Waals surface area contributed by atoms with Crippen LogP contribution in [0.4, 0.5) is 0 Å². The SMILES string of the molecule is COc1ccccc1CC(C)(C)C=O. The van der Waals surface area contributed by atoms with Crippen LogP contribution in [0.2, 0.25) is 0 Å². The zero-order valence-corrected chi connectivity index (χ0v) is 8.91. The first-order valence-electron chi connectivity index (χ1n) is 4.67. The van der Waals surface area contributed by atoms with Gasteiger partial charge in [-0.1, -0.05) is 32.0 Å². The molecule has 14 heavy (non-hydrogen) atoms. The number of ether oxygens (including phenoxy) is 1. The number of rotatable bonds is 4. The average Bonchev–Trinajstić information content (AvgIpc) is 2.18. The Morgan fingerprint density at radius 3 is 2.57 bits per heavy atom. The van der Waals surface area contributed by atoms with Crippen molar-refractivity contribution in [2.24, 2.45) is 5.41 Å². The minimum absolute atomic E-state index is 0.325. The van der Waals surface area contributed by atoms with E-state index in [0.717, 1.165) is 17.6 Å². The minimum atomic E-state index is -0.325. The maximum Gasteiger partial charge on any atom is 0.125 e. The molecule has 0 unspecified atom stereocenters. The molecule has 1 rings (SSSR count). The van der Waals surface area contributed by atoms with E-state index in [9.17, 15) is 4.79 Å². The summed E-state index contributed by atoms with van der Waals surface area (Å²) in [5.41, 5.74) is 0.751. The van der Waals surface area contributed by atoms with Gasteiger partial charge in [-0.15, -0.1) is 0 Å². The van der Waals surface area contributed by atoms with Crippen molar-refractivity contribution in [1.29, 1.82) is 0 Å². The molecule has 0 saturated heterocycles. The Balaban J connectivity index is 2.90. The largest absolute Gasteiger partial charge is 0.496 e. The van der Waals surface area contributed by atoms with Gasteiger partial charge in [0.25, 0.3) is 0 Å². The van der Waals surface area contributed by atoms with E-state index in [1.54, 1.807) is 7.11 Å². The van der Waals surface area contributed by atoms with Crippen molar-refractivity contribution < 1.29 is 9.53 Å². The fourth-order valence-corrected chi connectivity index (χ4v) is 1.38. The van der Waals surface area contributed by atoms with Crippen molar-refractivity contribution >= 4 is 6.29 Å². The van der Waals surface area contributed by atoms with Crippen LogP contribution in [0.3, 0.4) is 0 Å². The summed E-state index contributed by atoms with van der Waals surface area (Å²) in [5, 5.41) is 0. The molecule has 0 N–H and O–H groups in total. The smallest absolute Gasteiger partial charge is 0.125 e. The fraction of sp³-hybridized carbons (Fsp3) is 0.417. The van der Waals surface area contributed by atoms with Crippen LogP contribution in [0.5, 0.6) is 5.75 Å². The summed E-state index contributed by atoms with van der Waals surface area (Å²) >= 11 is 0. The lowest BCUT2D eigenvalue weighted by Crippen LogP contribution is -2.16. The highest BCUT2D eigenvalue weighted by Crippen LogP contribution is 2.25. The molecule has 0 aliphatic rings. The van der Waals surface area contributed by atoms with Crippen LogP contribution in [-0.4, -0.2) is 13.4 Å². The van der Waals surface area contributed by atoms with E-state index in [4.69, 9.17) is 4.74 Å². The molecule has 1 aromatic carbocycles. The lowest BCUT2D eigenvalue weighted by Gasteiger charge is -2.18. The summed E-state index contributed by atoms with van der Waals surface area (Å²) in [5.74, 6) is 0.849. The maximum absolute atomic E-state index is 10.8. The second kappa shape index (κ2) is 4.27. The number of methoxy groups -OCH3 is 1. The highest BCUT2D eigenvalue weighted by Gasteiger charge is 2.18. The molecule has 0 amide bonds. The molecule has 0 saturated carbocycles. The first kappa shape index (κ1) is 10.8. The average molecular weight is 192 g/mol. The van der Waals surface area contributed by atoms with Crippen LogP contribution >= 0.6 is 0 Å². The number of benzene rings is 1. The molecule has 0 aliphatic heterocycles. The molecule has 0 spiro atoms. The van der Waals surface area contributed by atoms with E-state index in [0.29, 0.717) is 6.42 Å². The van der Waals surface area contributed by atoms with Crippen molar-refractivity contribution in [2.75, 3.05) is 7.11 Å². The number of carbonyl (C=O) groups excluding carboxylic acids is 1. The van der Waals surface area contributed by atoms with E-state index in [2.05, 4.69) is 0 Å². The van der Waals surface area contributed by atoms with Crippen molar-refractivity contribution in [3.05, 3.63) is 29.8 Å². The molecular formula is C12H16O2. The Hall–Kier alpha value is -1.31. The second-order valence-corrected chi connectivity index (χ2v) is 4.10. The summed E-state index contributed by atoms with van der Waals surface area (Å²) in [6, 6.07) is 7.79. The fourth-order valence-electron chi connectivity index (χ4n) is 1.38. The Morgan fingerprint density at radius 2 is 2.00 bits per heavy atom. The molecule has 0 atom stereocenters. The van der Waals surface area contributed by atoms with E-state index >= 15 is 0 Å². The zero-order valence-electron chi connectivity index (χ0n) is 8.91. The summed E-state index contributed by atoms with van der Waals surface area (Å²) in [7, 11) is 1.65. The van der Waals surface area contributed by atoms with Gasteiger partial charge in [-0.3, -0.25) is 0 Å². The van der Waals surface area contributed by atoms with Gasteiger partial charge in [-0.25, -0.2) is 0 Å². The third kappa shape index (κ3) is 2.59. The molecule has 0 fully saturated rings. The molecule has 0 heterocycles. The van der Waals surface area contributed by atoms with Crippen LogP contribution < -0.4 is 4.74 Å². The number of aldehydes is 1. The van der Waals surface area contributed by atoms with Crippen molar-refractivity contribution in [1.82, 2.24) is 0 Å². The molecule has 2 heteroatoms. The standard InChI is InChI=1S/C12H16O2/c1-12(2,9-13)8-10-6-4-5-7-11(10)14-3/h4-7,9H,8H2,1-3H3. The Kier molecular flexibility index (Phi) is 3.28. The second-order valence-electron chi connectivity index (χ2n) is 4.10. The van der Waals surface area contributed by atoms with Crippen molar-refractivity contribution in [3.63, 3.8) is 0 Å². The van der Waals surface area contributed by atoms with Gasteiger partial charge >= 0.3 is 0 Å². The van der Waals surface area contributed by atoms with Crippen molar-refractivity contribution in [2.45, 2.75) is 20.3 Å². The number of carbonyl (C=O) groups is 1. The summed E-state index contributed by atoms with van der Waals surface area (Å²) in [6.45, 7) is 3.85. The van der Waals surface area contributed by atoms with Crippen LogP contribution in [-0.2, 0) is 11.2 Å². The molecule has 0 radical (unpaired) electrons. The Morgan fingerprint density at radius 1 is 1.36 bits per heavy atom. The molecular weight excluding hydrogens is 176 g/mol. The highest BCUT2D eigenvalue weighted by atomic mass is 16.5. The highest BCUT2D eigenvalue weighted by molar-refractivity contribution is 5.59. The number of para-hydroxylation sites is 1. The van der Waals surface area contributed by atoms with Gasteiger partial charge in [0.2, 0.25) is 0 Å². The summed E-state index contributed by atoms with van der Waals surface area (Å²) < 4.78 is 5.22. The molecule has 76 valence electrons. The Bertz CT molecular complexity index is 316. The minimum Gasteiger partial charge on any atom is -0.496 e. The van der Waals surface area contributed by atoms with Gasteiger partial charge < -0.3 is 9.53 Å².